The van der Waals surface area contributed by atoms with Gasteiger partial charge in [-0.2, -0.15) is 0 Å². The molecule has 0 aromatic rings. The molecule has 0 aromatic heterocycles. The largest absolute Gasteiger partial charge is 0.393 e. The molecule has 1 saturated carbocycles. The van der Waals surface area contributed by atoms with Crippen molar-refractivity contribution in [1.29, 1.82) is 0 Å². The highest BCUT2D eigenvalue weighted by Gasteiger charge is 2.42. The molecule has 3 aliphatic rings. The van der Waals surface area contributed by atoms with E-state index in [4.69, 9.17) is 18.9 Å². The zero-order valence-corrected chi connectivity index (χ0v) is 19.0. The number of ether oxygens (including phenoxy) is 4. The zero-order valence-electron chi connectivity index (χ0n) is 19.0. The Kier molecular flexibility index (Phi) is 11.5. The summed E-state index contributed by atoms with van der Waals surface area (Å²) in [6, 6.07) is 0. The van der Waals surface area contributed by atoms with E-state index in [0.717, 1.165) is 77.5 Å². The van der Waals surface area contributed by atoms with E-state index in [2.05, 4.69) is 12.2 Å². The summed E-state index contributed by atoms with van der Waals surface area (Å²) in [5.74, 6) is 0.0242. The van der Waals surface area contributed by atoms with Gasteiger partial charge in [-0.3, -0.25) is 0 Å². The fourth-order valence-corrected chi connectivity index (χ4v) is 4.98. The van der Waals surface area contributed by atoms with Crippen LogP contribution < -0.4 is 0 Å². The van der Waals surface area contributed by atoms with Crippen molar-refractivity contribution in [2.24, 2.45) is 11.8 Å². The van der Waals surface area contributed by atoms with Crippen molar-refractivity contribution >= 4 is 6.29 Å². The summed E-state index contributed by atoms with van der Waals surface area (Å²) < 4.78 is 23.3. The Morgan fingerprint density at radius 2 is 1.68 bits per heavy atom. The predicted molar refractivity (Wildman–Crippen MR) is 119 cm³/mol. The van der Waals surface area contributed by atoms with Gasteiger partial charge in [0, 0.05) is 44.5 Å². The third-order valence-electron chi connectivity index (χ3n) is 6.79. The molecule has 1 aliphatic carbocycles. The molecule has 2 saturated heterocycles. The number of carbonyl (C=O) groups excluding carboxylic acids is 1. The lowest BCUT2D eigenvalue weighted by Gasteiger charge is -2.28. The van der Waals surface area contributed by atoms with E-state index >= 15 is 0 Å². The molecular weight excluding hydrogens is 396 g/mol. The number of aliphatic hydroxyl groups excluding tert-OH is 1. The third-order valence-corrected chi connectivity index (χ3v) is 6.79. The van der Waals surface area contributed by atoms with Gasteiger partial charge in [-0.15, -0.1) is 0 Å². The molecule has 2 heterocycles. The molecule has 0 bridgehead atoms. The second-order valence-electron chi connectivity index (χ2n) is 9.22. The Hall–Kier alpha value is -0.790. The minimum absolute atomic E-state index is 0.0203. The van der Waals surface area contributed by atoms with E-state index in [1.54, 1.807) is 0 Å². The average Bonchev–Trinajstić information content (AvgIpc) is 3.08. The number of aldehydes is 1. The molecule has 6 heteroatoms. The summed E-state index contributed by atoms with van der Waals surface area (Å²) in [5, 5.41) is 10.5. The Bertz CT molecular complexity index is 512. The Balaban J connectivity index is 1.33. The van der Waals surface area contributed by atoms with Gasteiger partial charge in [0.15, 0.2) is 12.6 Å². The maximum absolute atomic E-state index is 11.1. The van der Waals surface area contributed by atoms with E-state index in [0.29, 0.717) is 12.8 Å². The Morgan fingerprint density at radius 3 is 2.39 bits per heavy atom. The van der Waals surface area contributed by atoms with E-state index in [-0.39, 0.29) is 30.5 Å². The molecule has 1 N–H and O–H groups in total. The lowest BCUT2D eigenvalue weighted by molar-refractivity contribution is -0.193. The highest BCUT2D eigenvalue weighted by molar-refractivity contribution is 5.50. The van der Waals surface area contributed by atoms with Crippen LogP contribution in [0.25, 0.3) is 0 Å². The molecule has 3 fully saturated rings. The molecule has 31 heavy (non-hydrogen) atoms. The molecular formula is C25H42O6. The lowest BCUT2D eigenvalue weighted by atomic mass is 9.90. The zero-order chi connectivity index (χ0) is 21.7. The fourth-order valence-electron chi connectivity index (χ4n) is 4.98. The Labute approximate surface area is 187 Å². The van der Waals surface area contributed by atoms with Crippen LogP contribution in [0.4, 0.5) is 0 Å². The predicted octanol–water partition coefficient (Wildman–Crippen LogP) is 4.53. The van der Waals surface area contributed by atoms with Crippen molar-refractivity contribution in [3.8, 4) is 0 Å². The first-order valence-electron chi connectivity index (χ1n) is 12.6. The molecule has 3 rings (SSSR count). The SMILES string of the molecule is O=CC[C@@H]1[C@@H](C=CCCCCCCOC2CCCCO2)[C@H](OC2CCCCO2)C[C@@H]1O. The van der Waals surface area contributed by atoms with Crippen LogP contribution in [0.1, 0.15) is 83.5 Å². The maximum atomic E-state index is 11.1. The molecule has 0 radical (unpaired) electrons. The van der Waals surface area contributed by atoms with E-state index in [1.165, 1.54) is 19.3 Å². The van der Waals surface area contributed by atoms with Gasteiger partial charge in [0.1, 0.15) is 6.29 Å². The van der Waals surface area contributed by atoms with Crippen molar-refractivity contribution in [2.75, 3.05) is 19.8 Å². The van der Waals surface area contributed by atoms with Gasteiger partial charge in [0.25, 0.3) is 0 Å². The minimum atomic E-state index is -0.485. The van der Waals surface area contributed by atoms with E-state index in [9.17, 15) is 9.90 Å². The lowest BCUT2D eigenvalue weighted by Crippen LogP contribution is -2.30. The topological polar surface area (TPSA) is 74.2 Å². The van der Waals surface area contributed by atoms with Gasteiger partial charge in [-0.1, -0.05) is 25.0 Å². The first-order chi connectivity index (χ1) is 15.3. The molecule has 2 aliphatic heterocycles. The van der Waals surface area contributed by atoms with E-state index in [1.807, 2.05) is 0 Å². The third kappa shape index (κ3) is 8.58. The van der Waals surface area contributed by atoms with Gasteiger partial charge in [-0.05, 0) is 57.8 Å². The van der Waals surface area contributed by atoms with Crippen LogP contribution in [-0.4, -0.2) is 56.0 Å². The van der Waals surface area contributed by atoms with Crippen molar-refractivity contribution < 1.29 is 28.8 Å². The highest BCUT2D eigenvalue weighted by Crippen LogP contribution is 2.38. The number of hydrogen-bond donors (Lipinski definition) is 1. The molecule has 0 amide bonds. The Morgan fingerprint density at radius 1 is 0.935 bits per heavy atom. The summed E-state index contributed by atoms with van der Waals surface area (Å²) >= 11 is 0. The summed E-state index contributed by atoms with van der Waals surface area (Å²) in [4.78, 5) is 11.1. The normalized spacial score (nSPS) is 34.4. The average molecular weight is 439 g/mol. The molecule has 0 spiro atoms. The van der Waals surface area contributed by atoms with Gasteiger partial charge in [-0.25, -0.2) is 0 Å². The monoisotopic (exact) mass is 438 g/mol. The number of rotatable bonds is 13. The van der Waals surface area contributed by atoms with Gasteiger partial charge < -0.3 is 28.8 Å². The molecule has 6 atom stereocenters. The summed E-state index contributed by atoms with van der Waals surface area (Å²) in [7, 11) is 0. The van der Waals surface area contributed by atoms with Crippen molar-refractivity contribution in [3.05, 3.63) is 12.2 Å². The summed E-state index contributed by atoms with van der Waals surface area (Å²) in [6.45, 7) is 2.37. The minimum Gasteiger partial charge on any atom is -0.393 e. The van der Waals surface area contributed by atoms with Crippen LogP contribution in [0.15, 0.2) is 12.2 Å². The standard InChI is InChI=1S/C25H42O6/c26-15-14-20-21(23(19-22(20)27)31-25-13-7-10-18-30-25)11-5-3-1-2-4-8-16-28-24-12-6-9-17-29-24/h5,11,15,20-25,27H,1-4,6-10,12-14,16-19H2/t20-,21-,22+,23-,24?,25?/m1/s1. The maximum Gasteiger partial charge on any atom is 0.157 e. The van der Waals surface area contributed by atoms with Crippen LogP contribution in [0, 0.1) is 11.8 Å². The van der Waals surface area contributed by atoms with Crippen molar-refractivity contribution in [3.63, 3.8) is 0 Å². The van der Waals surface area contributed by atoms with Crippen LogP contribution in [0.5, 0.6) is 0 Å². The van der Waals surface area contributed by atoms with Crippen molar-refractivity contribution in [1.82, 2.24) is 0 Å². The van der Waals surface area contributed by atoms with Crippen LogP contribution in [-0.2, 0) is 23.7 Å². The van der Waals surface area contributed by atoms with Crippen LogP contribution in [0.3, 0.4) is 0 Å². The van der Waals surface area contributed by atoms with E-state index < -0.39 is 6.10 Å². The summed E-state index contributed by atoms with van der Waals surface area (Å²) in [6.07, 6.45) is 17.7. The van der Waals surface area contributed by atoms with Crippen LogP contribution >= 0.6 is 0 Å². The molecule has 2 unspecified atom stereocenters. The van der Waals surface area contributed by atoms with Gasteiger partial charge >= 0.3 is 0 Å². The first-order valence-corrected chi connectivity index (χ1v) is 12.6. The second-order valence-corrected chi connectivity index (χ2v) is 9.22. The smallest absolute Gasteiger partial charge is 0.157 e. The molecule has 178 valence electrons. The van der Waals surface area contributed by atoms with Crippen LogP contribution in [0.2, 0.25) is 0 Å². The first kappa shape index (κ1) is 24.8. The number of aliphatic hydroxyl groups is 1. The quantitative estimate of drug-likeness (QED) is 0.259. The highest BCUT2D eigenvalue weighted by atomic mass is 16.7. The van der Waals surface area contributed by atoms with Crippen molar-refractivity contribution in [2.45, 2.75) is 108 Å². The van der Waals surface area contributed by atoms with Gasteiger partial charge in [0.05, 0.1) is 12.2 Å². The number of allylic oxidation sites excluding steroid dienone is 1. The molecule has 6 nitrogen and oxygen atoms in total. The number of hydrogen-bond acceptors (Lipinski definition) is 6. The fraction of sp³-hybridized carbons (Fsp3) is 0.880. The number of carbonyl (C=O) groups is 1. The molecule has 0 aromatic carbocycles. The summed E-state index contributed by atoms with van der Waals surface area (Å²) in [5.41, 5.74) is 0. The second kappa shape index (κ2) is 14.4. The number of unbranched alkanes of at least 4 members (excludes halogenated alkanes) is 4. The van der Waals surface area contributed by atoms with Gasteiger partial charge in [0.2, 0.25) is 0 Å².